The summed E-state index contributed by atoms with van der Waals surface area (Å²) in [5.41, 5.74) is 0.474. The van der Waals surface area contributed by atoms with E-state index in [1.807, 2.05) is 0 Å². The number of halogens is 1. The van der Waals surface area contributed by atoms with Crippen molar-refractivity contribution in [2.75, 3.05) is 0 Å². The Hall–Kier alpha value is -2.33. The van der Waals surface area contributed by atoms with E-state index in [0.29, 0.717) is 5.56 Å². The molecule has 0 heterocycles. The summed E-state index contributed by atoms with van der Waals surface area (Å²) in [5.74, 6) is -1.87. The lowest BCUT2D eigenvalue weighted by atomic mass is 10.2. The van der Waals surface area contributed by atoms with Gasteiger partial charge in [0.2, 0.25) is 0 Å². The third-order valence-electron chi connectivity index (χ3n) is 2.13. The zero-order valence-electron chi connectivity index (χ0n) is 9.79. The molecular weight excluding hydrogens is 268 g/mol. The van der Waals surface area contributed by atoms with Gasteiger partial charge in [-0.15, -0.1) is 0 Å². The summed E-state index contributed by atoms with van der Waals surface area (Å²) in [6.07, 6.45) is 0. The molecule has 0 atom stereocenters. The summed E-state index contributed by atoms with van der Waals surface area (Å²) in [5, 5.41) is 17.1. The Balaban J connectivity index is 0.000000191. The second-order valence-electron chi connectivity index (χ2n) is 3.46. The van der Waals surface area contributed by atoms with Gasteiger partial charge in [-0.25, -0.2) is 9.59 Å². The number of carboxylic acid groups (broad SMARTS) is 2. The number of carboxylic acids is 2. The van der Waals surface area contributed by atoms with Crippen LogP contribution in [-0.2, 0) is 0 Å². The smallest absolute Gasteiger partial charge is 0.337 e. The van der Waals surface area contributed by atoms with Crippen molar-refractivity contribution in [3.63, 3.8) is 0 Å². The van der Waals surface area contributed by atoms with Crippen LogP contribution in [0.2, 0.25) is 5.02 Å². The van der Waals surface area contributed by atoms with Gasteiger partial charge < -0.3 is 10.2 Å². The standard InChI is InChI=1S/C7H5ClO2.C7H6O2/c8-6-4-2-1-3-5(6)7(9)10;8-7(9)6-4-2-1-3-5-6/h1-4H,(H,9,10);1-5H,(H,8,9). The highest BCUT2D eigenvalue weighted by molar-refractivity contribution is 6.33. The second-order valence-corrected chi connectivity index (χ2v) is 3.86. The minimum Gasteiger partial charge on any atom is -0.478 e. The summed E-state index contributed by atoms with van der Waals surface area (Å²) in [6, 6.07) is 14.6. The molecule has 0 spiro atoms. The summed E-state index contributed by atoms with van der Waals surface area (Å²) in [7, 11) is 0. The van der Waals surface area contributed by atoms with Crippen LogP contribution in [0.4, 0.5) is 0 Å². The topological polar surface area (TPSA) is 74.6 Å². The van der Waals surface area contributed by atoms with Gasteiger partial charge in [-0.1, -0.05) is 41.9 Å². The van der Waals surface area contributed by atoms with E-state index in [0.717, 1.165) is 0 Å². The first-order valence-electron chi connectivity index (χ1n) is 5.28. The molecule has 2 rings (SSSR count). The van der Waals surface area contributed by atoms with E-state index in [4.69, 9.17) is 21.8 Å². The van der Waals surface area contributed by atoms with E-state index in [9.17, 15) is 9.59 Å². The largest absolute Gasteiger partial charge is 0.478 e. The van der Waals surface area contributed by atoms with Crippen LogP contribution in [0.3, 0.4) is 0 Å². The molecule has 98 valence electrons. The minimum absolute atomic E-state index is 0.143. The zero-order valence-corrected chi connectivity index (χ0v) is 10.5. The molecule has 2 N–H and O–H groups in total. The Bertz CT molecular complexity index is 567. The van der Waals surface area contributed by atoms with Crippen LogP contribution in [0.1, 0.15) is 20.7 Å². The van der Waals surface area contributed by atoms with Gasteiger partial charge in [0.15, 0.2) is 0 Å². The van der Waals surface area contributed by atoms with Gasteiger partial charge in [0.05, 0.1) is 16.1 Å². The number of benzene rings is 2. The number of aromatic carboxylic acids is 2. The van der Waals surface area contributed by atoms with Gasteiger partial charge in [-0.2, -0.15) is 0 Å². The predicted molar refractivity (Wildman–Crippen MR) is 71.8 cm³/mol. The molecule has 0 unspecified atom stereocenters. The Morgan fingerprint density at radius 1 is 0.789 bits per heavy atom. The van der Waals surface area contributed by atoms with Crippen molar-refractivity contribution < 1.29 is 19.8 Å². The molecule has 0 radical (unpaired) electrons. The van der Waals surface area contributed by atoms with Crippen LogP contribution < -0.4 is 0 Å². The summed E-state index contributed by atoms with van der Waals surface area (Å²) < 4.78 is 0. The average Bonchev–Trinajstić information content (AvgIpc) is 2.40. The van der Waals surface area contributed by atoms with Crippen molar-refractivity contribution in [2.24, 2.45) is 0 Å². The van der Waals surface area contributed by atoms with Crippen molar-refractivity contribution in [3.8, 4) is 0 Å². The van der Waals surface area contributed by atoms with Gasteiger partial charge in [0.25, 0.3) is 0 Å². The lowest BCUT2D eigenvalue weighted by molar-refractivity contribution is 0.0686. The third-order valence-corrected chi connectivity index (χ3v) is 2.45. The Labute approximate surface area is 114 Å². The maximum absolute atomic E-state index is 10.3. The predicted octanol–water partition coefficient (Wildman–Crippen LogP) is 3.42. The molecule has 0 saturated carbocycles. The van der Waals surface area contributed by atoms with Crippen LogP contribution in [0, 0.1) is 0 Å². The Kier molecular flexibility index (Phi) is 5.57. The quantitative estimate of drug-likeness (QED) is 0.882. The number of hydrogen-bond acceptors (Lipinski definition) is 2. The van der Waals surface area contributed by atoms with E-state index >= 15 is 0 Å². The molecule has 4 nitrogen and oxygen atoms in total. The Morgan fingerprint density at radius 2 is 1.32 bits per heavy atom. The summed E-state index contributed by atoms with van der Waals surface area (Å²) in [4.78, 5) is 20.5. The van der Waals surface area contributed by atoms with Gasteiger partial charge >= 0.3 is 11.9 Å². The molecule has 0 aliphatic carbocycles. The summed E-state index contributed by atoms with van der Waals surface area (Å²) in [6.45, 7) is 0. The maximum Gasteiger partial charge on any atom is 0.337 e. The highest BCUT2D eigenvalue weighted by Crippen LogP contribution is 2.13. The number of rotatable bonds is 2. The van der Waals surface area contributed by atoms with E-state index < -0.39 is 11.9 Å². The Morgan fingerprint density at radius 3 is 1.68 bits per heavy atom. The molecule has 0 fully saturated rings. The molecule has 0 aliphatic heterocycles. The monoisotopic (exact) mass is 278 g/mol. The SMILES string of the molecule is O=C(O)c1ccccc1.O=C(O)c1ccccc1Cl. The molecule has 5 heteroatoms. The van der Waals surface area contributed by atoms with Crippen LogP contribution in [0.5, 0.6) is 0 Å². The highest BCUT2D eigenvalue weighted by atomic mass is 35.5. The van der Waals surface area contributed by atoms with Crippen molar-refractivity contribution >= 4 is 23.5 Å². The van der Waals surface area contributed by atoms with Gasteiger partial charge in [-0.05, 0) is 24.3 Å². The normalized spacial score (nSPS) is 9.11. The first kappa shape index (κ1) is 14.7. The molecule has 0 saturated heterocycles. The fraction of sp³-hybridized carbons (Fsp3) is 0. The number of hydrogen-bond donors (Lipinski definition) is 2. The van der Waals surface area contributed by atoms with Gasteiger partial charge in [0.1, 0.15) is 0 Å². The molecule has 0 amide bonds. The molecule has 0 bridgehead atoms. The fourth-order valence-corrected chi connectivity index (χ4v) is 1.43. The lowest BCUT2D eigenvalue weighted by Gasteiger charge is -1.94. The van der Waals surface area contributed by atoms with Gasteiger partial charge in [-0.3, -0.25) is 0 Å². The summed E-state index contributed by atoms with van der Waals surface area (Å²) >= 11 is 5.54. The van der Waals surface area contributed by atoms with Crippen molar-refractivity contribution in [1.82, 2.24) is 0 Å². The molecule has 2 aromatic rings. The fourth-order valence-electron chi connectivity index (χ4n) is 1.22. The molecular formula is C14H11ClO4. The van der Waals surface area contributed by atoms with Crippen LogP contribution in [0.25, 0.3) is 0 Å². The second kappa shape index (κ2) is 7.18. The molecule has 2 aromatic carbocycles. The van der Waals surface area contributed by atoms with E-state index in [2.05, 4.69) is 0 Å². The number of carbonyl (C=O) groups is 2. The van der Waals surface area contributed by atoms with Crippen molar-refractivity contribution in [1.29, 1.82) is 0 Å². The lowest BCUT2D eigenvalue weighted by Crippen LogP contribution is -1.95. The third kappa shape index (κ3) is 4.81. The van der Waals surface area contributed by atoms with Gasteiger partial charge in [0, 0.05) is 0 Å². The molecule has 0 aliphatic rings. The first-order valence-corrected chi connectivity index (χ1v) is 5.66. The van der Waals surface area contributed by atoms with Crippen LogP contribution in [-0.4, -0.2) is 22.2 Å². The first-order chi connectivity index (χ1) is 9.02. The highest BCUT2D eigenvalue weighted by Gasteiger charge is 2.04. The van der Waals surface area contributed by atoms with Crippen LogP contribution in [0.15, 0.2) is 54.6 Å². The zero-order chi connectivity index (χ0) is 14.3. The van der Waals surface area contributed by atoms with E-state index in [1.165, 1.54) is 6.07 Å². The van der Waals surface area contributed by atoms with E-state index in [-0.39, 0.29) is 10.6 Å². The van der Waals surface area contributed by atoms with Crippen molar-refractivity contribution in [2.45, 2.75) is 0 Å². The molecule has 19 heavy (non-hydrogen) atoms. The molecule has 0 aromatic heterocycles. The minimum atomic E-state index is -0.995. The average molecular weight is 279 g/mol. The van der Waals surface area contributed by atoms with Crippen LogP contribution >= 0.6 is 11.6 Å². The van der Waals surface area contributed by atoms with E-state index in [1.54, 1.807) is 48.5 Å². The van der Waals surface area contributed by atoms with Crippen molar-refractivity contribution in [3.05, 3.63) is 70.7 Å². The maximum atomic E-state index is 10.3.